The lowest BCUT2D eigenvalue weighted by molar-refractivity contribution is -0.113. The number of Topliss-reactive ketones (excluding diaryl/α,β-unsaturated/α-hetero) is 1. The van der Waals surface area contributed by atoms with E-state index in [9.17, 15) is 9.18 Å². The van der Waals surface area contributed by atoms with E-state index < -0.39 is 5.83 Å². The van der Waals surface area contributed by atoms with Crippen LogP contribution in [0, 0.1) is 0 Å². The second kappa shape index (κ2) is 4.23. The Morgan fingerprint density at radius 3 is 2.09 bits per heavy atom. The first kappa shape index (κ1) is 10.3. The summed E-state index contributed by atoms with van der Waals surface area (Å²) in [5.74, 6) is -1.10. The third-order valence-electron chi connectivity index (χ3n) is 0.972. The molecule has 0 unspecified atom stereocenters. The Kier molecular flexibility index (Phi) is 3.97. The number of allylic oxidation sites excluding steroid dienone is 4. The van der Waals surface area contributed by atoms with Crippen LogP contribution in [0.3, 0.4) is 0 Å². The van der Waals surface area contributed by atoms with E-state index in [2.05, 4.69) is 29.1 Å². The minimum absolute atomic E-state index is 0.0492. The Morgan fingerprint density at radius 2 is 2.00 bits per heavy atom. The van der Waals surface area contributed by atoms with Gasteiger partial charge < -0.3 is 0 Å². The molecule has 0 aliphatic heterocycles. The van der Waals surface area contributed by atoms with E-state index in [1.807, 2.05) is 0 Å². The van der Waals surface area contributed by atoms with Crippen LogP contribution < -0.4 is 0 Å². The molecule has 0 aliphatic rings. The van der Waals surface area contributed by atoms with E-state index in [4.69, 9.17) is 0 Å². The van der Waals surface area contributed by atoms with Gasteiger partial charge in [-0.25, -0.2) is 4.39 Å². The van der Waals surface area contributed by atoms with Crippen molar-refractivity contribution in [1.29, 1.82) is 0 Å². The van der Waals surface area contributed by atoms with Crippen molar-refractivity contribution in [3.8, 4) is 0 Å². The fourth-order valence-corrected chi connectivity index (χ4v) is 0.756. The molecule has 1 nitrogen and oxygen atoms in total. The van der Waals surface area contributed by atoms with Crippen molar-refractivity contribution >= 4 is 21.7 Å². The molecule has 0 saturated heterocycles. The van der Waals surface area contributed by atoms with Crippen LogP contribution >= 0.6 is 15.9 Å². The van der Waals surface area contributed by atoms with E-state index in [1.165, 1.54) is 13.0 Å². The Labute approximate surface area is 73.4 Å². The van der Waals surface area contributed by atoms with E-state index >= 15 is 0 Å². The van der Waals surface area contributed by atoms with Gasteiger partial charge in [0.1, 0.15) is 5.83 Å². The highest BCUT2D eigenvalue weighted by Crippen LogP contribution is 2.15. The van der Waals surface area contributed by atoms with Crippen molar-refractivity contribution in [3.63, 3.8) is 0 Å². The van der Waals surface area contributed by atoms with Crippen LogP contribution in [0.1, 0.15) is 6.92 Å². The highest BCUT2D eigenvalue weighted by Gasteiger charge is 2.06. The Bertz CT molecular complexity index is 224. The smallest absolute Gasteiger partial charge is 0.162 e. The summed E-state index contributed by atoms with van der Waals surface area (Å²) in [5, 5.41) is 0. The van der Waals surface area contributed by atoms with Crippen molar-refractivity contribution in [2.75, 3.05) is 0 Å². The molecule has 0 rings (SSSR count). The minimum Gasteiger partial charge on any atom is -0.294 e. The number of rotatable bonds is 3. The summed E-state index contributed by atoms with van der Waals surface area (Å²) in [6, 6.07) is 0. The molecule has 0 aromatic rings. The molecule has 0 radical (unpaired) electrons. The SMILES string of the molecule is C=C(Br)/C=C(\C(=C)F)C(C)=O. The van der Waals surface area contributed by atoms with Gasteiger partial charge in [-0.3, -0.25) is 4.79 Å². The second-order valence-electron chi connectivity index (χ2n) is 1.97. The quantitative estimate of drug-likeness (QED) is 0.526. The molecule has 0 saturated carbocycles. The molecule has 0 amide bonds. The third kappa shape index (κ3) is 3.88. The monoisotopic (exact) mass is 218 g/mol. The summed E-state index contributed by atoms with van der Waals surface area (Å²) in [6.07, 6.45) is 1.30. The second-order valence-corrected chi connectivity index (χ2v) is 2.98. The summed E-state index contributed by atoms with van der Waals surface area (Å²) in [5.41, 5.74) is -0.0492. The van der Waals surface area contributed by atoms with Crippen molar-refractivity contribution in [2.24, 2.45) is 0 Å². The van der Waals surface area contributed by atoms with Crippen LogP contribution in [-0.4, -0.2) is 5.78 Å². The summed E-state index contributed by atoms with van der Waals surface area (Å²) in [7, 11) is 0. The van der Waals surface area contributed by atoms with Crippen molar-refractivity contribution in [2.45, 2.75) is 6.92 Å². The van der Waals surface area contributed by atoms with E-state index in [0.29, 0.717) is 4.48 Å². The molecule has 11 heavy (non-hydrogen) atoms. The molecule has 0 bridgehead atoms. The Balaban J connectivity index is 4.75. The molecule has 0 aliphatic carbocycles. The first-order valence-electron chi connectivity index (χ1n) is 2.87. The fraction of sp³-hybridized carbons (Fsp3) is 0.125. The Hall–Kier alpha value is -0.700. The number of hydrogen-bond donors (Lipinski definition) is 0. The highest BCUT2D eigenvalue weighted by atomic mass is 79.9. The van der Waals surface area contributed by atoms with Gasteiger partial charge in [0.25, 0.3) is 0 Å². The largest absolute Gasteiger partial charge is 0.294 e. The molecule has 60 valence electrons. The van der Waals surface area contributed by atoms with Crippen LogP contribution in [0.15, 0.2) is 35.1 Å². The maximum Gasteiger partial charge on any atom is 0.162 e. The normalized spacial score (nSPS) is 11.0. The third-order valence-corrected chi connectivity index (χ3v) is 1.20. The van der Waals surface area contributed by atoms with Gasteiger partial charge in [-0.1, -0.05) is 29.1 Å². The molecule has 3 heteroatoms. The zero-order valence-electron chi connectivity index (χ0n) is 6.16. The standard InChI is InChI=1S/C8H8BrFO/c1-5(9)4-8(6(2)10)7(3)11/h4H,1-2H2,3H3/b8-4+. The number of carbonyl (C=O) groups is 1. The number of ketones is 1. The zero-order chi connectivity index (χ0) is 9.02. The molecule has 0 atom stereocenters. The summed E-state index contributed by atoms with van der Waals surface area (Å²) in [6.45, 7) is 7.72. The molecule has 0 spiro atoms. The molecule has 0 heterocycles. The molecule has 0 aromatic carbocycles. The van der Waals surface area contributed by atoms with Gasteiger partial charge >= 0.3 is 0 Å². The summed E-state index contributed by atoms with van der Waals surface area (Å²) in [4.78, 5) is 10.7. The van der Waals surface area contributed by atoms with Crippen LogP contribution in [0.4, 0.5) is 4.39 Å². The fourth-order valence-electron chi connectivity index (χ4n) is 0.528. The first-order chi connectivity index (χ1) is 4.95. The molecular formula is C8H8BrFO. The topological polar surface area (TPSA) is 17.1 Å². The van der Waals surface area contributed by atoms with Gasteiger partial charge in [0, 0.05) is 4.48 Å². The average Bonchev–Trinajstić information content (AvgIpc) is 1.81. The highest BCUT2D eigenvalue weighted by molar-refractivity contribution is 9.11. The summed E-state index contributed by atoms with van der Waals surface area (Å²) < 4.78 is 12.9. The Morgan fingerprint density at radius 1 is 1.55 bits per heavy atom. The lowest BCUT2D eigenvalue weighted by Crippen LogP contribution is -1.96. The van der Waals surface area contributed by atoms with Gasteiger partial charge in [-0.2, -0.15) is 0 Å². The maximum atomic E-state index is 12.4. The average molecular weight is 219 g/mol. The van der Waals surface area contributed by atoms with Crippen LogP contribution in [0.5, 0.6) is 0 Å². The zero-order valence-corrected chi connectivity index (χ0v) is 7.74. The molecule has 0 aromatic heterocycles. The van der Waals surface area contributed by atoms with E-state index in [0.717, 1.165) is 0 Å². The predicted molar refractivity (Wildman–Crippen MR) is 47.1 cm³/mol. The van der Waals surface area contributed by atoms with Gasteiger partial charge in [0.05, 0.1) is 5.57 Å². The lowest BCUT2D eigenvalue weighted by atomic mass is 10.1. The first-order valence-corrected chi connectivity index (χ1v) is 3.66. The minimum atomic E-state index is -0.738. The van der Waals surface area contributed by atoms with Gasteiger partial charge in [-0.15, -0.1) is 0 Å². The van der Waals surface area contributed by atoms with E-state index in [-0.39, 0.29) is 11.4 Å². The van der Waals surface area contributed by atoms with Crippen LogP contribution in [-0.2, 0) is 4.79 Å². The lowest BCUT2D eigenvalue weighted by Gasteiger charge is -1.96. The molecule has 0 N–H and O–H groups in total. The molecular weight excluding hydrogens is 211 g/mol. The summed E-state index contributed by atoms with van der Waals surface area (Å²) >= 11 is 2.98. The molecule has 0 fully saturated rings. The van der Waals surface area contributed by atoms with Crippen molar-refractivity contribution in [3.05, 3.63) is 35.1 Å². The number of carbonyl (C=O) groups excluding carboxylic acids is 1. The number of halogens is 2. The maximum absolute atomic E-state index is 12.4. The number of hydrogen-bond acceptors (Lipinski definition) is 1. The van der Waals surface area contributed by atoms with E-state index in [1.54, 1.807) is 0 Å². The van der Waals surface area contributed by atoms with Crippen molar-refractivity contribution < 1.29 is 9.18 Å². The van der Waals surface area contributed by atoms with Gasteiger partial charge in [-0.05, 0) is 13.0 Å². The van der Waals surface area contributed by atoms with Crippen LogP contribution in [0.2, 0.25) is 0 Å². The predicted octanol–water partition coefficient (Wildman–Crippen LogP) is 2.89. The van der Waals surface area contributed by atoms with Crippen LogP contribution in [0.25, 0.3) is 0 Å². The van der Waals surface area contributed by atoms with Gasteiger partial charge in [0.15, 0.2) is 5.78 Å². The van der Waals surface area contributed by atoms with Crippen molar-refractivity contribution in [1.82, 2.24) is 0 Å². The van der Waals surface area contributed by atoms with Gasteiger partial charge in [0.2, 0.25) is 0 Å².